The predicted molar refractivity (Wildman–Crippen MR) is 111 cm³/mol. The second-order valence-electron chi connectivity index (χ2n) is 7.53. The number of rotatable bonds is 2. The maximum Gasteiger partial charge on any atom is 0.228 e. The third-order valence-corrected chi connectivity index (χ3v) is 5.31. The first-order chi connectivity index (χ1) is 14.1. The number of carbonyl (C=O) groups excluding carboxylic acids is 1. The number of hydrogen-bond donors (Lipinski definition) is 2. The molecule has 1 aliphatic rings. The summed E-state index contributed by atoms with van der Waals surface area (Å²) in [7, 11) is 0. The first kappa shape index (κ1) is 21.3. The molecule has 0 aliphatic carbocycles. The molecule has 2 N–H and O–H groups in total. The first-order valence-corrected chi connectivity index (χ1v) is 10.4. The van der Waals surface area contributed by atoms with Gasteiger partial charge in [-0.1, -0.05) is 30.7 Å². The summed E-state index contributed by atoms with van der Waals surface area (Å²) in [5, 5.41) is 20.6. The smallest absolute Gasteiger partial charge is 0.228 e. The Balaban J connectivity index is 1.65. The summed E-state index contributed by atoms with van der Waals surface area (Å²) in [5.74, 6) is 0.766. The summed E-state index contributed by atoms with van der Waals surface area (Å²) in [4.78, 5) is 18.8. The van der Waals surface area contributed by atoms with Gasteiger partial charge < -0.3 is 19.8 Å². The molecule has 1 amide bonds. The molecular formula is C23H30N2O4. The summed E-state index contributed by atoms with van der Waals surface area (Å²) in [6, 6.07) is 13.4. The van der Waals surface area contributed by atoms with Gasteiger partial charge in [0.25, 0.3) is 0 Å². The average molecular weight is 399 g/mol. The summed E-state index contributed by atoms with van der Waals surface area (Å²) >= 11 is 0. The molecular weight excluding hydrogens is 368 g/mol. The van der Waals surface area contributed by atoms with Crippen LogP contribution in [0, 0.1) is 0 Å². The second-order valence-corrected chi connectivity index (χ2v) is 7.53. The number of para-hydroxylation sites is 1. The first-order valence-electron chi connectivity index (χ1n) is 10.4. The molecule has 3 rings (SSSR count). The van der Waals surface area contributed by atoms with E-state index in [-0.39, 0.29) is 18.9 Å². The highest BCUT2D eigenvalue weighted by molar-refractivity contribution is 5.78. The van der Waals surface area contributed by atoms with E-state index in [0.717, 1.165) is 42.7 Å². The van der Waals surface area contributed by atoms with Crippen LogP contribution in [0.4, 0.5) is 0 Å². The number of aromatic nitrogens is 1. The van der Waals surface area contributed by atoms with E-state index in [0.29, 0.717) is 19.5 Å². The van der Waals surface area contributed by atoms with Crippen LogP contribution in [0.15, 0.2) is 48.7 Å². The Hall–Kier alpha value is -2.44. The van der Waals surface area contributed by atoms with Crippen molar-refractivity contribution in [3.63, 3.8) is 0 Å². The third-order valence-electron chi connectivity index (χ3n) is 5.31. The summed E-state index contributed by atoms with van der Waals surface area (Å²) in [6.45, 7) is 1.08. The fourth-order valence-electron chi connectivity index (χ4n) is 3.54. The lowest BCUT2D eigenvalue weighted by atomic mass is 10.0. The van der Waals surface area contributed by atoms with Crippen LogP contribution in [0.1, 0.15) is 36.9 Å². The molecule has 2 heterocycles. The van der Waals surface area contributed by atoms with E-state index in [1.165, 1.54) is 0 Å². The van der Waals surface area contributed by atoms with Crippen molar-refractivity contribution < 1.29 is 19.7 Å². The van der Waals surface area contributed by atoms with Crippen molar-refractivity contribution in [1.82, 2.24) is 9.88 Å². The second kappa shape index (κ2) is 10.9. The zero-order chi connectivity index (χ0) is 20.5. The van der Waals surface area contributed by atoms with E-state index in [1.54, 1.807) is 11.1 Å². The number of nitrogens with zero attached hydrogens (tertiary/aromatic N) is 2. The van der Waals surface area contributed by atoms with Gasteiger partial charge in [-0.2, -0.15) is 0 Å². The normalized spacial score (nSPS) is 21.5. The molecule has 1 aliphatic heterocycles. The molecule has 1 aromatic carbocycles. The molecule has 2 aromatic rings. The number of benzene rings is 1. The highest BCUT2D eigenvalue weighted by Crippen LogP contribution is 2.21. The molecule has 0 radical (unpaired) electrons. The standard InChI is InChI=1S/C23H30N2O4/c26-20-12-15-25(23(28)16-19-10-5-6-13-24-19)14-7-1-2-8-18-9-3-4-11-22(18)29-17-21(20)27/h3-6,9-11,13,20-21,26-27H,1-2,7-8,12,14-17H2/t20-,21+/m0/s1. The minimum Gasteiger partial charge on any atom is -0.491 e. The maximum absolute atomic E-state index is 12.8. The third kappa shape index (κ3) is 6.54. The van der Waals surface area contributed by atoms with Gasteiger partial charge in [0.05, 0.1) is 12.5 Å². The quantitative estimate of drug-likeness (QED) is 0.812. The molecule has 0 saturated heterocycles. The van der Waals surface area contributed by atoms with E-state index in [2.05, 4.69) is 4.98 Å². The molecule has 0 saturated carbocycles. The van der Waals surface area contributed by atoms with Crippen LogP contribution < -0.4 is 4.74 Å². The summed E-state index contributed by atoms with van der Waals surface area (Å²) in [6.07, 6.45) is 4.08. The molecule has 6 nitrogen and oxygen atoms in total. The predicted octanol–water partition coefficient (Wildman–Crippen LogP) is 2.37. The summed E-state index contributed by atoms with van der Waals surface area (Å²) < 4.78 is 5.77. The lowest BCUT2D eigenvalue weighted by Gasteiger charge is -2.26. The Bertz CT molecular complexity index is 768. The minimum absolute atomic E-state index is 0.000852. The monoisotopic (exact) mass is 398 g/mol. The molecule has 0 bridgehead atoms. The van der Waals surface area contributed by atoms with Crippen molar-refractivity contribution in [2.45, 2.75) is 50.7 Å². The van der Waals surface area contributed by atoms with Crippen LogP contribution in [0.2, 0.25) is 0 Å². The Morgan fingerprint density at radius 2 is 1.86 bits per heavy atom. The van der Waals surface area contributed by atoms with Crippen LogP contribution in [-0.4, -0.2) is 57.9 Å². The number of amides is 1. The zero-order valence-electron chi connectivity index (χ0n) is 16.7. The van der Waals surface area contributed by atoms with Crippen molar-refractivity contribution >= 4 is 5.91 Å². The number of hydrogen-bond acceptors (Lipinski definition) is 5. The van der Waals surface area contributed by atoms with Crippen LogP contribution in [0.5, 0.6) is 5.75 Å². The Labute approximate surface area is 172 Å². The van der Waals surface area contributed by atoms with E-state index < -0.39 is 12.2 Å². The Kier molecular flexibility index (Phi) is 8.02. The highest BCUT2D eigenvalue weighted by Gasteiger charge is 2.21. The molecule has 29 heavy (non-hydrogen) atoms. The van der Waals surface area contributed by atoms with Crippen LogP contribution >= 0.6 is 0 Å². The zero-order valence-corrected chi connectivity index (χ0v) is 16.7. The number of carbonyl (C=O) groups is 1. The molecule has 156 valence electrons. The molecule has 2 atom stereocenters. The molecule has 0 fully saturated rings. The van der Waals surface area contributed by atoms with Crippen LogP contribution in [-0.2, 0) is 17.6 Å². The lowest BCUT2D eigenvalue weighted by molar-refractivity contribution is -0.131. The van der Waals surface area contributed by atoms with Crippen LogP contribution in [0.25, 0.3) is 0 Å². The Morgan fingerprint density at radius 3 is 2.69 bits per heavy atom. The van der Waals surface area contributed by atoms with Crippen LogP contribution in [0.3, 0.4) is 0 Å². The Morgan fingerprint density at radius 1 is 1.03 bits per heavy atom. The van der Waals surface area contributed by atoms with Gasteiger partial charge in [-0.15, -0.1) is 0 Å². The van der Waals surface area contributed by atoms with Gasteiger partial charge in [-0.05, 0) is 49.4 Å². The van der Waals surface area contributed by atoms with Gasteiger partial charge in [0.15, 0.2) is 0 Å². The van der Waals surface area contributed by atoms with Crippen molar-refractivity contribution in [3.8, 4) is 5.75 Å². The molecule has 0 unspecified atom stereocenters. The molecule has 0 spiro atoms. The number of aliphatic hydroxyl groups is 2. The van der Waals surface area contributed by atoms with Crippen molar-refractivity contribution in [1.29, 1.82) is 0 Å². The van der Waals surface area contributed by atoms with E-state index in [1.807, 2.05) is 42.5 Å². The average Bonchev–Trinajstić information content (AvgIpc) is 2.74. The van der Waals surface area contributed by atoms with Crippen molar-refractivity contribution in [2.75, 3.05) is 19.7 Å². The minimum atomic E-state index is -1.00. The van der Waals surface area contributed by atoms with E-state index in [4.69, 9.17) is 4.74 Å². The molecule has 6 heteroatoms. The number of ether oxygens (including phenoxy) is 1. The maximum atomic E-state index is 12.8. The summed E-state index contributed by atoms with van der Waals surface area (Å²) in [5.41, 5.74) is 1.84. The molecule has 1 aromatic heterocycles. The fraction of sp³-hybridized carbons (Fsp3) is 0.478. The van der Waals surface area contributed by atoms with Gasteiger partial charge in [0, 0.05) is 25.0 Å². The van der Waals surface area contributed by atoms with Crippen molar-refractivity contribution in [3.05, 3.63) is 59.9 Å². The highest BCUT2D eigenvalue weighted by atomic mass is 16.5. The topological polar surface area (TPSA) is 82.9 Å². The largest absolute Gasteiger partial charge is 0.491 e. The van der Waals surface area contributed by atoms with Gasteiger partial charge in [-0.3, -0.25) is 9.78 Å². The SMILES string of the molecule is O=C(Cc1ccccn1)N1CCCCCc2ccccc2OC[C@@H](O)[C@@H](O)CC1. The van der Waals surface area contributed by atoms with E-state index in [9.17, 15) is 15.0 Å². The lowest BCUT2D eigenvalue weighted by Crippen LogP contribution is -2.39. The van der Waals surface area contributed by atoms with Crippen molar-refractivity contribution in [2.24, 2.45) is 0 Å². The van der Waals surface area contributed by atoms with Gasteiger partial charge >= 0.3 is 0 Å². The van der Waals surface area contributed by atoms with E-state index >= 15 is 0 Å². The number of aryl methyl sites for hydroxylation is 1. The number of fused-ring (bicyclic) bond motifs is 1. The van der Waals surface area contributed by atoms with Gasteiger partial charge in [0.1, 0.15) is 18.5 Å². The fourth-order valence-corrected chi connectivity index (χ4v) is 3.54. The number of aliphatic hydroxyl groups excluding tert-OH is 2. The number of pyridine rings is 1. The van der Waals surface area contributed by atoms with Gasteiger partial charge in [0.2, 0.25) is 5.91 Å². The van der Waals surface area contributed by atoms with Gasteiger partial charge in [-0.25, -0.2) is 0 Å².